The number of rotatable bonds is 5. The van der Waals surface area contributed by atoms with Gasteiger partial charge in [-0.05, 0) is 68.9 Å². The molecule has 2 aliphatic heterocycles. The molecule has 0 saturated carbocycles. The summed E-state index contributed by atoms with van der Waals surface area (Å²) in [5, 5.41) is 0. The third-order valence-corrected chi connectivity index (χ3v) is 8.66. The van der Waals surface area contributed by atoms with Crippen molar-refractivity contribution in [3.8, 4) is 0 Å². The van der Waals surface area contributed by atoms with Crippen LogP contribution in [-0.4, -0.2) is 44.8 Å². The number of nitrogens with one attached hydrogen (secondary N) is 1. The number of ether oxygens (including phenoxy) is 1. The zero-order chi connectivity index (χ0) is 24.0. The molecular formula is C25H30N2O5S. The molecule has 1 atom stereocenters. The number of esters is 1. The molecule has 4 rings (SSSR count). The zero-order valence-corrected chi connectivity index (χ0v) is 20.3. The molecule has 2 aromatic rings. The molecule has 2 heterocycles. The molecule has 1 amide bonds. The molecule has 8 heteroatoms. The van der Waals surface area contributed by atoms with Crippen LogP contribution < -0.4 is 4.72 Å². The standard InChI is InChI=1S/C25H30N2O5S/c1-16-14-17(2)19(4)23(18(16)3)33(30,31)26-12-10-22(28)27-13-7-11-25(15-27)21-9-6-5-8-20(21)24(29)32-25/h5-6,8-9,14,26H,7,10-13,15H2,1-4H3. The minimum absolute atomic E-state index is 0.00686. The lowest BCUT2D eigenvalue weighted by atomic mass is 9.85. The van der Waals surface area contributed by atoms with Crippen molar-refractivity contribution in [2.24, 2.45) is 0 Å². The second kappa shape index (κ2) is 8.57. The van der Waals surface area contributed by atoms with E-state index in [-0.39, 0.29) is 31.4 Å². The molecule has 1 saturated heterocycles. The first kappa shape index (κ1) is 23.4. The first-order valence-electron chi connectivity index (χ1n) is 11.2. The van der Waals surface area contributed by atoms with Crippen molar-refractivity contribution in [1.29, 1.82) is 0 Å². The fourth-order valence-corrected chi connectivity index (χ4v) is 6.63. The van der Waals surface area contributed by atoms with Gasteiger partial charge in [-0.25, -0.2) is 17.9 Å². The lowest BCUT2D eigenvalue weighted by Gasteiger charge is -2.39. The molecule has 1 spiro atoms. The maximum atomic E-state index is 13.0. The number of amides is 1. The predicted octanol–water partition coefficient (Wildman–Crippen LogP) is 3.28. The topological polar surface area (TPSA) is 92.8 Å². The van der Waals surface area contributed by atoms with Crippen molar-refractivity contribution in [3.63, 3.8) is 0 Å². The Labute approximate surface area is 195 Å². The number of hydrogen-bond acceptors (Lipinski definition) is 5. The minimum Gasteiger partial charge on any atom is -0.449 e. The van der Waals surface area contributed by atoms with Gasteiger partial charge in [0, 0.05) is 25.1 Å². The summed E-state index contributed by atoms with van der Waals surface area (Å²) in [6.07, 6.45) is 1.41. The zero-order valence-electron chi connectivity index (χ0n) is 19.5. The molecule has 33 heavy (non-hydrogen) atoms. The number of aryl methyl sites for hydroxylation is 2. The van der Waals surface area contributed by atoms with Gasteiger partial charge in [0.05, 0.1) is 17.0 Å². The molecule has 176 valence electrons. The molecule has 2 aliphatic rings. The molecule has 0 aliphatic carbocycles. The van der Waals surface area contributed by atoms with E-state index < -0.39 is 15.6 Å². The van der Waals surface area contributed by atoms with Gasteiger partial charge in [0.15, 0.2) is 5.60 Å². The summed E-state index contributed by atoms with van der Waals surface area (Å²) >= 11 is 0. The number of benzene rings is 2. The van der Waals surface area contributed by atoms with Crippen molar-refractivity contribution in [1.82, 2.24) is 9.62 Å². The number of carbonyl (C=O) groups excluding carboxylic acids is 2. The van der Waals surface area contributed by atoms with E-state index in [1.807, 2.05) is 32.0 Å². The summed E-state index contributed by atoms with van der Waals surface area (Å²) in [5.41, 5.74) is 3.84. The average Bonchev–Trinajstić information content (AvgIpc) is 3.03. The lowest BCUT2D eigenvalue weighted by molar-refractivity contribution is -0.138. The largest absolute Gasteiger partial charge is 0.449 e. The van der Waals surface area contributed by atoms with Gasteiger partial charge in [-0.1, -0.05) is 24.3 Å². The van der Waals surface area contributed by atoms with E-state index in [2.05, 4.69) is 4.72 Å². The Morgan fingerprint density at radius 3 is 2.48 bits per heavy atom. The fourth-order valence-electron chi connectivity index (χ4n) is 4.99. The van der Waals surface area contributed by atoms with Gasteiger partial charge in [-0.2, -0.15) is 0 Å². The van der Waals surface area contributed by atoms with Crippen LogP contribution in [0.4, 0.5) is 0 Å². The molecule has 0 aromatic heterocycles. The first-order chi connectivity index (χ1) is 15.6. The number of likely N-dealkylation sites (tertiary alicyclic amines) is 1. The highest BCUT2D eigenvalue weighted by atomic mass is 32.2. The second-order valence-corrected chi connectivity index (χ2v) is 10.8. The average molecular weight is 471 g/mol. The van der Waals surface area contributed by atoms with Gasteiger partial charge >= 0.3 is 5.97 Å². The number of nitrogens with zero attached hydrogens (tertiary/aromatic N) is 1. The van der Waals surface area contributed by atoms with E-state index in [0.29, 0.717) is 29.8 Å². The lowest BCUT2D eigenvalue weighted by Crippen LogP contribution is -2.49. The summed E-state index contributed by atoms with van der Waals surface area (Å²) in [6.45, 7) is 8.24. The van der Waals surface area contributed by atoms with Crippen molar-refractivity contribution < 1.29 is 22.7 Å². The van der Waals surface area contributed by atoms with Gasteiger partial charge < -0.3 is 9.64 Å². The number of fused-ring (bicyclic) bond motifs is 2. The summed E-state index contributed by atoms with van der Waals surface area (Å²) in [7, 11) is -3.75. The van der Waals surface area contributed by atoms with E-state index >= 15 is 0 Å². The van der Waals surface area contributed by atoms with Crippen molar-refractivity contribution >= 4 is 21.9 Å². The van der Waals surface area contributed by atoms with Crippen LogP contribution in [0.2, 0.25) is 0 Å². The van der Waals surface area contributed by atoms with Crippen LogP contribution in [0.5, 0.6) is 0 Å². The Morgan fingerprint density at radius 1 is 1.12 bits per heavy atom. The van der Waals surface area contributed by atoms with Crippen LogP contribution in [-0.2, 0) is 25.2 Å². The summed E-state index contributed by atoms with van der Waals surface area (Å²) in [4.78, 5) is 27.3. The van der Waals surface area contributed by atoms with Crippen LogP contribution in [0, 0.1) is 27.7 Å². The SMILES string of the molecule is Cc1cc(C)c(C)c(S(=O)(=O)NCCC(=O)N2CCCC3(C2)OC(=O)c2ccccc23)c1C. The number of piperidine rings is 1. The monoisotopic (exact) mass is 470 g/mol. The Kier molecular flexibility index (Phi) is 6.09. The highest BCUT2D eigenvalue weighted by molar-refractivity contribution is 7.89. The Hall–Kier alpha value is -2.71. The van der Waals surface area contributed by atoms with Gasteiger partial charge in [0.2, 0.25) is 15.9 Å². The molecule has 0 radical (unpaired) electrons. The van der Waals surface area contributed by atoms with E-state index in [0.717, 1.165) is 27.8 Å². The van der Waals surface area contributed by atoms with Gasteiger partial charge in [0.25, 0.3) is 0 Å². The number of carbonyl (C=O) groups is 2. The maximum absolute atomic E-state index is 13.0. The van der Waals surface area contributed by atoms with E-state index in [9.17, 15) is 18.0 Å². The quantitative estimate of drug-likeness (QED) is 0.677. The second-order valence-electron chi connectivity index (χ2n) is 9.09. The predicted molar refractivity (Wildman–Crippen MR) is 125 cm³/mol. The molecule has 1 N–H and O–H groups in total. The van der Waals surface area contributed by atoms with Crippen molar-refractivity contribution in [2.75, 3.05) is 19.6 Å². The Bertz CT molecular complexity index is 1210. The third-order valence-electron chi connectivity index (χ3n) is 6.93. The molecule has 2 aromatic carbocycles. The van der Waals surface area contributed by atoms with E-state index in [1.165, 1.54) is 0 Å². The van der Waals surface area contributed by atoms with Crippen LogP contribution in [0.15, 0.2) is 35.2 Å². The molecule has 7 nitrogen and oxygen atoms in total. The smallest absolute Gasteiger partial charge is 0.339 e. The van der Waals surface area contributed by atoms with Gasteiger partial charge in [-0.15, -0.1) is 0 Å². The van der Waals surface area contributed by atoms with Gasteiger partial charge in [-0.3, -0.25) is 4.79 Å². The number of hydrogen-bond donors (Lipinski definition) is 1. The summed E-state index contributed by atoms with van der Waals surface area (Å²) < 4.78 is 34.4. The molecular weight excluding hydrogens is 440 g/mol. The molecule has 0 bridgehead atoms. The fraction of sp³-hybridized carbons (Fsp3) is 0.440. The normalized spacial score (nSPS) is 20.1. The van der Waals surface area contributed by atoms with Crippen LogP contribution in [0.3, 0.4) is 0 Å². The highest BCUT2D eigenvalue weighted by Gasteiger charge is 2.48. The highest BCUT2D eigenvalue weighted by Crippen LogP contribution is 2.42. The van der Waals surface area contributed by atoms with Crippen LogP contribution >= 0.6 is 0 Å². The third kappa shape index (κ3) is 4.17. The number of sulfonamides is 1. The van der Waals surface area contributed by atoms with Crippen LogP contribution in [0.25, 0.3) is 0 Å². The van der Waals surface area contributed by atoms with Crippen molar-refractivity contribution in [3.05, 3.63) is 63.7 Å². The summed E-state index contributed by atoms with van der Waals surface area (Å²) in [5.74, 6) is -0.516. The summed E-state index contributed by atoms with van der Waals surface area (Å²) in [6, 6.07) is 9.29. The first-order valence-corrected chi connectivity index (χ1v) is 12.7. The Balaban J connectivity index is 1.44. The molecule has 1 unspecified atom stereocenters. The van der Waals surface area contributed by atoms with Gasteiger partial charge in [0.1, 0.15) is 0 Å². The minimum atomic E-state index is -3.75. The maximum Gasteiger partial charge on any atom is 0.339 e. The van der Waals surface area contributed by atoms with Crippen LogP contribution in [0.1, 0.15) is 57.4 Å². The van der Waals surface area contributed by atoms with E-state index in [4.69, 9.17) is 4.74 Å². The molecule has 1 fully saturated rings. The van der Waals surface area contributed by atoms with E-state index in [1.54, 1.807) is 30.9 Å². The Morgan fingerprint density at radius 2 is 1.79 bits per heavy atom. The van der Waals surface area contributed by atoms with Crippen molar-refractivity contribution in [2.45, 2.75) is 57.5 Å².